The van der Waals surface area contributed by atoms with Crippen molar-refractivity contribution in [1.29, 1.82) is 5.26 Å². The van der Waals surface area contributed by atoms with E-state index in [4.69, 9.17) is 14.7 Å². The molecule has 0 saturated heterocycles. The second-order valence-corrected chi connectivity index (χ2v) is 5.62. The van der Waals surface area contributed by atoms with Gasteiger partial charge < -0.3 is 9.47 Å². The molecule has 0 aliphatic heterocycles. The first-order valence-corrected chi connectivity index (χ1v) is 7.35. The Hall–Kier alpha value is -2.32. The van der Waals surface area contributed by atoms with Gasteiger partial charge in [-0.25, -0.2) is 0 Å². The number of carbonyl (C=O) groups excluding carboxylic acids is 1. The number of hydrogen-bond acceptors (Lipinski definition) is 5. The molecule has 21 heavy (non-hydrogen) atoms. The van der Waals surface area contributed by atoms with Crippen LogP contribution in [0.25, 0.3) is 0 Å². The van der Waals surface area contributed by atoms with E-state index in [-0.39, 0.29) is 12.4 Å². The van der Waals surface area contributed by atoms with Crippen LogP contribution in [0.3, 0.4) is 0 Å². The van der Waals surface area contributed by atoms with Gasteiger partial charge in [-0.05, 0) is 38.1 Å². The zero-order valence-electron chi connectivity index (χ0n) is 11.9. The van der Waals surface area contributed by atoms with E-state index in [1.165, 1.54) is 11.3 Å². The lowest BCUT2D eigenvalue weighted by Crippen LogP contribution is -2.11. The van der Waals surface area contributed by atoms with Gasteiger partial charge in [-0.3, -0.25) is 4.79 Å². The average molecular weight is 301 g/mol. The molecular formula is C16H15NO3S. The molecule has 1 aromatic heterocycles. The number of rotatable bonds is 6. The fourth-order valence-corrected chi connectivity index (χ4v) is 2.56. The van der Waals surface area contributed by atoms with Crippen LogP contribution in [0, 0.1) is 18.3 Å². The van der Waals surface area contributed by atoms with Gasteiger partial charge in [-0.1, -0.05) is 0 Å². The van der Waals surface area contributed by atoms with E-state index < -0.39 is 0 Å². The number of ketones is 1. The maximum atomic E-state index is 12.0. The van der Waals surface area contributed by atoms with Crippen molar-refractivity contribution in [2.75, 3.05) is 13.2 Å². The van der Waals surface area contributed by atoms with Crippen LogP contribution in [0.2, 0.25) is 0 Å². The van der Waals surface area contributed by atoms with Crippen LogP contribution in [-0.4, -0.2) is 19.0 Å². The van der Waals surface area contributed by atoms with Crippen molar-refractivity contribution in [3.05, 3.63) is 45.6 Å². The number of carbonyl (C=O) groups is 1. The highest BCUT2D eigenvalue weighted by atomic mass is 32.1. The van der Waals surface area contributed by atoms with Crippen molar-refractivity contribution in [3.8, 4) is 17.6 Å². The highest BCUT2D eigenvalue weighted by Gasteiger charge is 2.12. The first-order valence-electron chi connectivity index (χ1n) is 6.53. The maximum Gasteiger partial charge on any atom is 0.210 e. The van der Waals surface area contributed by atoms with Crippen molar-refractivity contribution >= 4 is 17.1 Å². The van der Waals surface area contributed by atoms with Crippen LogP contribution in [0.15, 0.2) is 30.3 Å². The minimum atomic E-state index is -0.0695. The van der Waals surface area contributed by atoms with Gasteiger partial charge in [0, 0.05) is 10.9 Å². The van der Waals surface area contributed by atoms with Gasteiger partial charge >= 0.3 is 0 Å². The Balaban J connectivity index is 2.09. The van der Waals surface area contributed by atoms with Gasteiger partial charge in [-0.2, -0.15) is 5.26 Å². The van der Waals surface area contributed by atoms with Gasteiger partial charge in [0.1, 0.15) is 0 Å². The first-order chi connectivity index (χ1) is 10.1. The molecule has 2 aromatic rings. The quantitative estimate of drug-likeness (QED) is 0.765. The summed E-state index contributed by atoms with van der Waals surface area (Å²) in [5, 5.41) is 8.89. The van der Waals surface area contributed by atoms with Crippen molar-refractivity contribution in [2.24, 2.45) is 0 Å². The molecule has 0 fully saturated rings. The molecule has 2 rings (SSSR count). The second kappa shape index (κ2) is 6.91. The van der Waals surface area contributed by atoms with Gasteiger partial charge in [0.2, 0.25) is 5.78 Å². The number of thiophene rings is 1. The standard InChI is InChI=1S/C16H15NO3S/c1-3-19-15-8-12(9-17)5-6-14(15)20-10-13(18)16-7-4-11(2)21-16/h4-8H,3,10H2,1-2H3. The van der Waals surface area contributed by atoms with Crippen molar-refractivity contribution in [1.82, 2.24) is 0 Å². The molecule has 0 radical (unpaired) electrons. The number of Topliss-reactive ketones (excluding diaryl/α,β-unsaturated/α-hetero) is 1. The number of ether oxygens (including phenoxy) is 2. The summed E-state index contributed by atoms with van der Waals surface area (Å²) in [5.41, 5.74) is 0.492. The summed E-state index contributed by atoms with van der Waals surface area (Å²) in [6.07, 6.45) is 0. The summed E-state index contributed by atoms with van der Waals surface area (Å²) >= 11 is 1.45. The number of aryl methyl sites for hydroxylation is 1. The molecule has 0 amide bonds. The Bertz CT molecular complexity index is 685. The number of benzene rings is 1. The fourth-order valence-electron chi connectivity index (χ4n) is 1.76. The molecule has 0 aliphatic rings. The monoisotopic (exact) mass is 301 g/mol. The maximum absolute atomic E-state index is 12.0. The first kappa shape index (κ1) is 15.1. The Morgan fingerprint density at radius 2 is 2.05 bits per heavy atom. The van der Waals surface area contributed by atoms with E-state index in [1.807, 2.05) is 26.0 Å². The van der Waals surface area contributed by atoms with Crippen LogP contribution in [0.5, 0.6) is 11.5 Å². The summed E-state index contributed by atoms with van der Waals surface area (Å²) in [6.45, 7) is 4.22. The van der Waals surface area contributed by atoms with Crippen LogP contribution >= 0.6 is 11.3 Å². The molecule has 0 aliphatic carbocycles. The van der Waals surface area contributed by atoms with Crippen LogP contribution in [0.1, 0.15) is 27.0 Å². The van der Waals surface area contributed by atoms with Crippen molar-refractivity contribution in [2.45, 2.75) is 13.8 Å². The summed E-state index contributed by atoms with van der Waals surface area (Å²) in [5.74, 6) is 0.879. The summed E-state index contributed by atoms with van der Waals surface area (Å²) < 4.78 is 11.0. The normalized spacial score (nSPS) is 9.95. The molecular weight excluding hydrogens is 286 g/mol. The van der Waals surface area contributed by atoms with E-state index >= 15 is 0 Å². The topological polar surface area (TPSA) is 59.3 Å². The fraction of sp³-hybridized carbons (Fsp3) is 0.250. The third-order valence-corrected chi connectivity index (χ3v) is 3.79. The molecule has 5 heteroatoms. The molecule has 1 heterocycles. The molecule has 0 spiro atoms. The van der Waals surface area contributed by atoms with Crippen molar-refractivity contribution < 1.29 is 14.3 Å². The third-order valence-electron chi connectivity index (χ3n) is 2.75. The summed E-state index contributed by atoms with van der Waals surface area (Å²) in [6, 6.07) is 10.6. The Morgan fingerprint density at radius 1 is 1.24 bits per heavy atom. The molecule has 0 N–H and O–H groups in total. The lowest BCUT2D eigenvalue weighted by Gasteiger charge is -2.11. The lowest BCUT2D eigenvalue weighted by molar-refractivity contribution is 0.0923. The predicted octanol–water partition coefficient (Wildman–Crippen LogP) is 3.59. The van der Waals surface area contributed by atoms with E-state index in [2.05, 4.69) is 0 Å². The molecule has 0 unspecified atom stereocenters. The zero-order chi connectivity index (χ0) is 15.2. The minimum Gasteiger partial charge on any atom is -0.490 e. The SMILES string of the molecule is CCOc1cc(C#N)ccc1OCC(=O)c1ccc(C)s1. The van der Waals surface area contributed by atoms with Gasteiger partial charge in [0.25, 0.3) is 0 Å². The Labute approximate surface area is 127 Å². The van der Waals surface area contributed by atoms with Gasteiger partial charge in [0.05, 0.1) is 23.1 Å². The van der Waals surface area contributed by atoms with Gasteiger partial charge in [0.15, 0.2) is 18.1 Å². The molecule has 0 saturated carbocycles. The van der Waals surface area contributed by atoms with E-state index in [0.29, 0.717) is 28.5 Å². The van der Waals surface area contributed by atoms with Crippen LogP contribution in [-0.2, 0) is 0 Å². The second-order valence-electron chi connectivity index (χ2n) is 4.33. The zero-order valence-corrected chi connectivity index (χ0v) is 12.7. The highest BCUT2D eigenvalue weighted by molar-refractivity contribution is 7.14. The van der Waals surface area contributed by atoms with E-state index in [9.17, 15) is 4.79 Å². The lowest BCUT2D eigenvalue weighted by atomic mass is 10.2. The largest absolute Gasteiger partial charge is 0.490 e. The van der Waals surface area contributed by atoms with Crippen LogP contribution < -0.4 is 9.47 Å². The Kier molecular flexibility index (Phi) is 4.96. The smallest absolute Gasteiger partial charge is 0.210 e. The predicted molar refractivity (Wildman–Crippen MR) is 81.2 cm³/mol. The number of hydrogen-bond donors (Lipinski definition) is 0. The summed E-state index contributed by atoms with van der Waals surface area (Å²) in [4.78, 5) is 13.8. The van der Waals surface area contributed by atoms with E-state index in [0.717, 1.165) is 4.88 Å². The summed E-state index contributed by atoms with van der Waals surface area (Å²) in [7, 11) is 0. The average Bonchev–Trinajstić information content (AvgIpc) is 2.92. The molecule has 108 valence electrons. The Morgan fingerprint density at radius 3 is 2.67 bits per heavy atom. The number of nitrogens with zero attached hydrogens (tertiary/aromatic N) is 1. The number of nitriles is 1. The van der Waals surface area contributed by atoms with E-state index in [1.54, 1.807) is 24.3 Å². The third kappa shape index (κ3) is 3.83. The highest BCUT2D eigenvalue weighted by Crippen LogP contribution is 2.28. The van der Waals surface area contributed by atoms with Crippen molar-refractivity contribution in [3.63, 3.8) is 0 Å². The van der Waals surface area contributed by atoms with Gasteiger partial charge in [-0.15, -0.1) is 11.3 Å². The molecule has 1 aromatic carbocycles. The minimum absolute atomic E-state index is 0.0497. The molecule has 4 nitrogen and oxygen atoms in total. The molecule has 0 bridgehead atoms. The van der Waals surface area contributed by atoms with Crippen LogP contribution in [0.4, 0.5) is 0 Å². The molecule has 0 atom stereocenters.